The summed E-state index contributed by atoms with van der Waals surface area (Å²) in [4.78, 5) is 18.4. The van der Waals surface area contributed by atoms with Crippen molar-refractivity contribution in [1.29, 1.82) is 0 Å². The van der Waals surface area contributed by atoms with Crippen LogP contribution in [0.1, 0.15) is 51.5 Å². The van der Waals surface area contributed by atoms with Crippen LogP contribution in [0.5, 0.6) is 0 Å². The number of morpholine rings is 1. The number of halogens is 4. The normalized spacial score (nSPS) is 17.7. The molecular weight excluding hydrogens is 891 g/mol. The second-order valence-electron chi connectivity index (χ2n) is 16.8. The SMILES string of the molecule is CC(C)C1CCC(c2ccc(Cl)cc2)=C(CN2CCN(c3ccc4c(NSc5ccc(N)c(SC(F)(F)F)c5)ncnc4c3)CC2)C1.c1ccc(SCCCCN2CCOCC2)cc1. The summed E-state index contributed by atoms with van der Waals surface area (Å²) < 4.78 is 47.3. The number of aromatic nitrogens is 2. The Hall–Kier alpha value is -3.63. The first kappa shape index (κ1) is 48.3. The number of nitrogens with zero attached hydrogens (tertiary/aromatic N) is 5. The number of alkyl halides is 3. The number of nitrogens with one attached hydrogen (secondary N) is 1. The summed E-state index contributed by atoms with van der Waals surface area (Å²) in [6.45, 7) is 14.8. The van der Waals surface area contributed by atoms with Gasteiger partial charge >= 0.3 is 5.51 Å². The van der Waals surface area contributed by atoms with Crippen molar-refractivity contribution in [3.8, 4) is 0 Å². The molecular formula is C49H59ClF3N7OS3. The first-order chi connectivity index (χ1) is 31.0. The number of hydrogen-bond acceptors (Lipinski definition) is 11. The summed E-state index contributed by atoms with van der Waals surface area (Å²) in [7, 11) is 0. The van der Waals surface area contributed by atoms with Crippen molar-refractivity contribution < 1.29 is 17.9 Å². The van der Waals surface area contributed by atoms with Crippen LogP contribution in [0.4, 0.5) is 30.4 Å². The quantitative estimate of drug-likeness (QED) is 0.0456. The second kappa shape index (κ2) is 23.7. The molecule has 3 N–H and O–H groups in total. The van der Waals surface area contributed by atoms with E-state index in [1.165, 1.54) is 78.0 Å². The number of unbranched alkanes of at least 4 members (excludes halogenated alkanes) is 1. The van der Waals surface area contributed by atoms with Crippen LogP contribution in [0, 0.1) is 11.8 Å². The van der Waals surface area contributed by atoms with Gasteiger partial charge < -0.3 is 20.1 Å². The fourth-order valence-corrected chi connectivity index (χ4v) is 10.8. The summed E-state index contributed by atoms with van der Waals surface area (Å²) in [6, 6.07) is 29.8. The molecule has 3 aliphatic rings. The Bertz CT molecular complexity index is 2270. The third-order valence-corrected chi connectivity index (χ3v) is 15.0. The van der Waals surface area contributed by atoms with Gasteiger partial charge in [0.15, 0.2) is 0 Å². The topological polar surface area (TPSA) is 82.8 Å². The van der Waals surface area contributed by atoms with E-state index < -0.39 is 5.51 Å². The number of thioether (sulfide) groups is 2. The fourth-order valence-electron chi connectivity index (χ4n) is 8.40. The first-order valence-corrected chi connectivity index (χ1v) is 25.2. The lowest BCUT2D eigenvalue weighted by molar-refractivity contribution is -0.0328. The fraction of sp³-hybridized carbons (Fsp3) is 0.429. The molecule has 1 unspecified atom stereocenters. The number of benzene rings is 4. The lowest BCUT2D eigenvalue weighted by atomic mass is 9.76. The Morgan fingerprint density at radius 1 is 0.859 bits per heavy atom. The van der Waals surface area contributed by atoms with Crippen LogP contribution in [-0.2, 0) is 4.74 Å². The molecule has 0 bridgehead atoms. The zero-order valence-electron chi connectivity index (χ0n) is 36.7. The van der Waals surface area contributed by atoms with E-state index >= 15 is 0 Å². The van der Waals surface area contributed by atoms with E-state index in [1.54, 1.807) is 11.6 Å². The second-order valence-corrected chi connectivity index (χ2v) is 20.4. The zero-order valence-corrected chi connectivity index (χ0v) is 39.9. The van der Waals surface area contributed by atoms with E-state index in [0.717, 1.165) is 99.4 Å². The molecule has 8 nitrogen and oxygen atoms in total. The average Bonchev–Trinajstić information content (AvgIpc) is 3.30. The molecule has 4 aromatic carbocycles. The summed E-state index contributed by atoms with van der Waals surface area (Å²) >= 11 is 9.13. The summed E-state index contributed by atoms with van der Waals surface area (Å²) in [5, 5.41) is 1.61. The predicted molar refractivity (Wildman–Crippen MR) is 265 cm³/mol. The molecule has 1 aliphatic carbocycles. The summed E-state index contributed by atoms with van der Waals surface area (Å²) in [5.41, 5.74) is 7.72. The van der Waals surface area contributed by atoms with Crippen molar-refractivity contribution >= 4 is 80.7 Å². The molecule has 0 radical (unpaired) electrons. The van der Waals surface area contributed by atoms with Gasteiger partial charge in [-0.05, 0) is 152 Å². The highest BCUT2D eigenvalue weighted by Gasteiger charge is 2.31. The van der Waals surface area contributed by atoms with Crippen molar-refractivity contribution in [3.63, 3.8) is 0 Å². The van der Waals surface area contributed by atoms with Gasteiger partial charge in [0.05, 0.1) is 18.7 Å². The molecule has 5 aromatic rings. The molecule has 2 saturated heterocycles. The van der Waals surface area contributed by atoms with Crippen LogP contribution in [0.2, 0.25) is 5.02 Å². The Morgan fingerprint density at radius 2 is 1.62 bits per heavy atom. The van der Waals surface area contributed by atoms with E-state index in [2.05, 4.69) is 97.8 Å². The maximum absolute atomic E-state index is 12.9. The van der Waals surface area contributed by atoms with Crippen LogP contribution in [0.15, 0.2) is 118 Å². The van der Waals surface area contributed by atoms with E-state index in [9.17, 15) is 13.2 Å². The standard InChI is InChI=1S/C35H38ClF3N6S2.C14H21NOS/c1-22(2)24-5-10-29(23-3-6-26(36)7-4-23)25(17-24)20-44-13-15-45(16-14-44)27-8-11-30-32(18-27)41-21-42-34(30)43-47-28-9-12-31(40)33(19-28)46-35(37,38)39;1-2-6-14(7-3-1)17-13-5-4-8-15-9-11-16-12-10-15/h3-4,6-9,11-12,18-19,21-22,24H,5,10,13-17,20,40H2,1-2H3,(H,41,42,43);1-3,6-7H,4-5,8-13H2. The number of nitrogen functional groups attached to an aromatic ring is 1. The molecule has 8 rings (SSSR count). The van der Waals surface area contributed by atoms with Gasteiger partial charge in [0, 0.05) is 82.3 Å². The molecule has 15 heteroatoms. The number of allylic oxidation sites excluding steroid dienone is 1. The minimum Gasteiger partial charge on any atom is -0.398 e. The minimum atomic E-state index is -4.41. The maximum Gasteiger partial charge on any atom is 0.446 e. The van der Waals surface area contributed by atoms with Gasteiger partial charge in [0.25, 0.3) is 0 Å². The molecule has 342 valence electrons. The van der Waals surface area contributed by atoms with Crippen LogP contribution in [0.25, 0.3) is 16.5 Å². The maximum atomic E-state index is 12.9. The highest BCUT2D eigenvalue weighted by atomic mass is 35.5. The van der Waals surface area contributed by atoms with Crippen LogP contribution < -0.4 is 15.4 Å². The molecule has 64 heavy (non-hydrogen) atoms. The molecule has 0 saturated carbocycles. The van der Waals surface area contributed by atoms with E-state index in [-0.39, 0.29) is 22.3 Å². The number of piperazine rings is 1. The molecule has 0 amide bonds. The van der Waals surface area contributed by atoms with Crippen LogP contribution in [0.3, 0.4) is 0 Å². The van der Waals surface area contributed by atoms with Gasteiger partial charge in [-0.25, -0.2) is 9.97 Å². The lowest BCUT2D eigenvalue weighted by Gasteiger charge is -2.38. The third-order valence-electron chi connectivity index (χ3n) is 12.1. The number of hydrogen-bond donors (Lipinski definition) is 2. The number of fused-ring (bicyclic) bond motifs is 1. The molecule has 1 atom stereocenters. The van der Waals surface area contributed by atoms with Crippen molar-refractivity contribution in [2.75, 3.05) is 86.7 Å². The highest BCUT2D eigenvalue weighted by molar-refractivity contribution is 8.01. The number of nitrogens with two attached hydrogens (primary N) is 1. The van der Waals surface area contributed by atoms with E-state index in [0.29, 0.717) is 16.6 Å². The number of rotatable bonds is 15. The van der Waals surface area contributed by atoms with Crippen molar-refractivity contribution in [3.05, 3.63) is 113 Å². The van der Waals surface area contributed by atoms with E-state index in [4.69, 9.17) is 22.1 Å². The molecule has 3 heterocycles. The number of anilines is 3. The van der Waals surface area contributed by atoms with Gasteiger partial charge in [-0.3, -0.25) is 9.80 Å². The van der Waals surface area contributed by atoms with Gasteiger partial charge in [0.1, 0.15) is 12.1 Å². The third kappa shape index (κ3) is 14.4. The monoisotopic (exact) mass is 949 g/mol. The summed E-state index contributed by atoms with van der Waals surface area (Å²) in [6.07, 6.45) is 7.61. The Labute approximate surface area is 394 Å². The first-order valence-electron chi connectivity index (χ1n) is 22.2. The van der Waals surface area contributed by atoms with Crippen molar-refractivity contribution in [2.45, 2.75) is 66.1 Å². The van der Waals surface area contributed by atoms with Gasteiger partial charge in [-0.15, -0.1) is 11.8 Å². The Kier molecular flexibility index (Phi) is 17.9. The highest BCUT2D eigenvalue weighted by Crippen LogP contribution is 2.42. The predicted octanol–water partition coefficient (Wildman–Crippen LogP) is 12.5. The van der Waals surface area contributed by atoms with Gasteiger partial charge in [-0.2, -0.15) is 13.2 Å². The molecule has 0 spiro atoms. The Balaban J connectivity index is 0.000000301. The lowest BCUT2D eigenvalue weighted by Crippen LogP contribution is -2.47. The molecule has 1 aromatic heterocycles. The molecule has 2 fully saturated rings. The number of ether oxygens (including phenoxy) is 1. The van der Waals surface area contributed by atoms with Crippen molar-refractivity contribution in [1.82, 2.24) is 19.8 Å². The van der Waals surface area contributed by atoms with E-state index in [1.807, 2.05) is 30.0 Å². The summed E-state index contributed by atoms with van der Waals surface area (Å²) in [5.74, 6) is 3.22. The van der Waals surface area contributed by atoms with Gasteiger partial charge in [0.2, 0.25) is 0 Å². The molecule has 2 aliphatic heterocycles. The van der Waals surface area contributed by atoms with Crippen LogP contribution >= 0.6 is 47.1 Å². The Morgan fingerprint density at radius 3 is 2.36 bits per heavy atom. The van der Waals surface area contributed by atoms with Crippen molar-refractivity contribution in [2.24, 2.45) is 11.8 Å². The van der Waals surface area contributed by atoms with Gasteiger partial charge in [-0.1, -0.05) is 61.4 Å². The zero-order chi connectivity index (χ0) is 44.9. The largest absolute Gasteiger partial charge is 0.446 e. The minimum absolute atomic E-state index is 0.0289. The van der Waals surface area contributed by atoms with Crippen LogP contribution in [-0.4, -0.2) is 96.6 Å². The smallest absolute Gasteiger partial charge is 0.398 e. The average molecular weight is 951 g/mol.